The molecular weight excluding hydrogens is 440 g/mol. The third-order valence-electron chi connectivity index (χ3n) is 4.66. The molecular formula is C25H20N2O5S. The Morgan fingerprint density at radius 1 is 0.909 bits per heavy atom. The van der Waals surface area contributed by atoms with Crippen LogP contribution in [0.2, 0.25) is 0 Å². The molecule has 1 N–H and O–H groups in total. The second-order valence-electron chi connectivity index (χ2n) is 7.21. The van der Waals surface area contributed by atoms with Crippen LogP contribution in [0.25, 0.3) is 10.2 Å². The van der Waals surface area contributed by atoms with Gasteiger partial charge < -0.3 is 9.47 Å². The molecule has 1 aromatic heterocycles. The quantitative estimate of drug-likeness (QED) is 0.309. The predicted octanol–water partition coefficient (Wildman–Crippen LogP) is 4.40. The Kier molecular flexibility index (Phi) is 6.75. The highest BCUT2D eigenvalue weighted by Crippen LogP contribution is 2.26. The summed E-state index contributed by atoms with van der Waals surface area (Å²) in [5.74, 6) is -0.862. The summed E-state index contributed by atoms with van der Waals surface area (Å²) >= 11 is 1.35. The van der Waals surface area contributed by atoms with Crippen LogP contribution in [0.1, 0.15) is 21.5 Å². The molecule has 3 aromatic carbocycles. The summed E-state index contributed by atoms with van der Waals surface area (Å²) in [6.07, 6.45) is 0. The van der Waals surface area contributed by atoms with Crippen LogP contribution in [0.5, 0.6) is 5.75 Å². The minimum atomic E-state index is -0.686. The summed E-state index contributed by atoms with van der Waals surface area (Å²) in [6, 6.07) is 21.2. The SMILES string of the molecule is Cc1ccc2nc(NC(=O)COC(=O)COc3ccc(C(=O)c4ccccc4)cc3)sc2c1. The Labute approximate surface area is 194 Å². The molecule has 4 aromatic rings. The van der Waals surface area contributed by atoms with Crippen molar-refractivity contribution in [3.8, 4) is 5.75 Å². The fourth-order valence-corrected chi connectivity index (χ4v) is 4.01. The number of nitrogens with zero attached hydrogens (tertiary/aromatic N) is 1. The van der Waals surface area contributed by atoms with Gasteiger partial charge >= 0.3 is 5.97 Å². The van der Waals surface area contributed by atoms with Gasteiger partial charge in [0.1, 0.15) is 5.75 Å². The van der Waals surface area contributed by atoms with Gasteiger partial charge in [0.2, 0.25) is 0 Å². The van der Waals surface area contributed by atoms with E-state index >= 15 is 0 Å². The van der Waals surface area contributed by atoms with Crippen molar-refractivity contribution < 1.29 is 23.9 Å². The number of carbonyl (C=O) groups excluding carboxylic acids is 3. The van der Waals surface area contributed by atoms with E-state index in [1.807, 2.05) is 31.2 Å². The summed E-state index contributed by atoms with van der Waals surface area (Å²) < 4.78 is 11.3. The lowest BCUT2D eigenvalue weighted by Crippen LogP contribution is -2.23. The van der Waals surface area contributed by atoms with Gasteiger partial charge in [-0.15, -0.1) is 0 Å². The Bertz CT molecular complexity index is 1300. The molecule has 7 nitrogen and oxygen atoms in total. The number of amides is 1. The highest BCUT2D eigenvalue weighted by Gasteiger charge is 2.12. The summed E-state index contributed by atoms with van der Waals surface area (Å²) in [5.41, 5.74) is 3.00. The summed E-state index contributed by atoms with van der Waals surface area (Å²) in [6.45, 7) is 1.18. The average Bonchev–Trinajstić information content (AvgIpc) is 3.23. The monoisotopic (exact) mass is 460 g/mol. The van der Waals surface area contributed by atoms with Crippen LogP contribution in [0.3, 0.4) is 0 Å². The largest absolute Gasteiger partial charge is 0.482 e. The second kappa shape index (κ2) is 10.1. The van der Waals surface area contributed by atoms with Crippen LogP contribution in [-0.2, 0) is 14.3 Å². The van der Waals surface area contributed by atoms with E-state index in [0.29, 0.717) is 22.0 Å². The van der Waals surface area contributed by atoms with Crippen LogP contribution >= 0.6 is 11.3 Å². The Balaban J connectivity index is 1.22. The lowest BCUT2D eigenvalue weighted by atomic mass is 10.0. The number of anilines is 1. The van der Waals surface area contributed by atoms with Crippen molar-refractivity contribution in [1.29, 1.82) is 0 Å². The first kappa shape index (κ1) is 22.2. The molecule has 0 unspecified atom stereocenters. The van der Waals surface area contributed by atoms with E-state index in [9.17, 15) is 14.4 Å². The fraction of sp³-hybridized carbons (Fsp3) is 0.120. The molecule has 0 aliphatic carbocycles. The van der Waals surface area contributed by atoms with E-state index in [0.717, 1.165) is 15.8 Å². The fourth-order valence-electron chi connectivity index (χ4n) is 3.03. The van der Waals surface area contributed by atoms with Crippen molar-refractivity contribution in [3.63, 3.8) is 0 Å². The molecule has 0 radical (unpaired) electrons. The molecule has 0 spiro atoms. The number of aromatic nitrogens is 1. The first-order valence-electron chi connectivity index (χ1n) is 10.1. The molecule has 0 saturated carbocycles. The van der Waals surface area contributed by atoms with Crippen LogP contribution in [0.4, 0.5) is 5.13 Å². The number of hydrogen-bond acceptors (Lipinski definition) is 7. The van der Waals surface area contributed by atoms with Gasteiger partial charge in [-0.1, -0.05) is 47.7 Å². The number of hydrogen-bond donors (Lipinski definition) is 1. The maximum atomic E-state index is 12.4. The zero-order valence-electron chi connectivity index (χ0n) is 17.7. The van der Waals surface area contributed by atoms with Crippen LogP contribution in [-0.4, -0.2) is 35.9 Å². The molecule has 0 fully saturated rings. The molecule has 166 valence electrons. The van der Waals surface area contributed by atoms with Crippen molar-refractivity contribution in [1.82, 2.24) is 4.98 Å². The molecule has 4 rings (SSSR count). The van der Waals surface area contributed by atoms with Crippen LogP contribution in [0.15, 0.2) is 72.8 Å². The lowest BCUT2D eigenvalue weighted by Gasteiger charge is -2.08. The summed E-state index contributed by atoms with van der Waals surface area (Å²) in [5, 5.41) is 3.07. The molecule has 0 aliphatic rings. The van der Waals surface area contributed by atoms with E-state index in [-0.39, 0.29) is 12.4 Å². The second-order valence-corrected chi connectivity index (χ2v) is 8.24. The minimum absolute atomic E-state index is 0.101. The van der Waals surface area contributed by atoms with E-state index in [1.165, 1.54) is 11.3 Å². The van der Waals surface area contributed by atoms with Gasteiger partial charge in [-0.05, 0) is 48.9 Å². The number of rotatable bonds is 8. The number of aryl methyl sites for hydroxylation is 1. The molecule has 1 heterocycles. The third kappa shape index (κ3) is 5.81. The number of ketones is 1. The van der Waals surface area contributed by atoms with Crippen LogP contribution in [0, 0.1) is 6.92 Å². The Morgan fingerprint density at radius 3 is 2.39 bits per heavy atom. The van der Waals surface area contributed by atoms with Gasteiger partial charge in [0, 0.05) is 11.1 Å². The number of ether oxygens (including phenoxy) is 2. The highest BCUT2D eigenvalue weighted by atomic mass is 32.1. The molecule has 8 heteroatoms. The van der Waals surface area contributed by atoms with Gasteiger partial charge in [0.25, 0.3) is 5.91 Å². The number of thiazole rings is 1. The van der Waals surface area contributed by atoms with E-state index in [4.69, 9.17) is 9.47 Å². The number of esters is 1. The predicted molar refractivity (Wildman–Crippen MR) is 126 cm³/mol. The zero-order chi connectivity index (χ0) is 23.2. The van der Waals surface area contributed by atoms with Gasteiger partial charge in [0.15, 0.2) is 24.1 Å². The highest BCUT2D eigenvalue weighted by molar-refractivity contribution is 7.22. The Hall–Kier alpha value is -4.04. The minimum Gasteiger partial charge on any atom is -0.482 e. The normalized spacial score (nSPS) is 10.6. The van der Waals surface area contributed by atoms with Crippen molar-refractivity contribution in [2.24, 2.45) is 0 Å². The van der Waals surface area contributed by atoms with Crippen LogP contribution < -0.4 is 10.1 Å². The topological polar surface area (TPSA) is 94.6 Å². The molecule has 0 bridgehead atoms. The van der Waals surface area contributed by atoms with Gasteiger partial charge in [-0.3, -0.25) is 14.9 Å². The number of nitrogens with one attached hydrogen (secondary N) is 1. The summed E-state index contributed by atoms with van der Waals surface area (Å²) in [7, 11) is 0. The lowest BCUT2D eigenvalue weighted by molar-refractivity contribution is -0.149. The van der Waals surface area contributed by atoms with E-state index < -0.39 is 18.5 Å². The smallest absolute Gasteiger partial charge is 0.344 e. The number of carbonyl (C=O) groups is 3. The third-order valence-corrected chi connectivity index (χ3v) is 5.60. The van der Waals surface area contributed by atoms with Crippen molar-refractivity contribution >= 4 is 44.3 Å². The molecule has 1 amide bonds. The van der Waals surface area contributed by atoms with E-state index in [2.05, 4.69) is 10.3 Å². The maximum Gasteiger partial charge on any atom is 0.344 e. The molecule has 0 atom stereocenters. The molecule has 0 aliphatic heterocycles. The Morgan fingerprint density at radius 2 is 1.64 bits per heavy atom. The van der Waals surface area contributed by atoms with Crippen molar-refractivity contribution in [2.75, 3.05) is 18.5 Å². The maximum absolute atomic E-state index is 12.4. The zero-order valence-corrected chi connectivity index (χ0v) is 18.6. The van der Waals surface area contributed by atoms with Crippen molar-refractivity contribution in [2.45, 2.75) is 6.92 Å². The molecule has 33 heavy (non-hydrogen) atoms. The number of fused-ring (bicyclic) bond motifs is 1. The summed E-state index contributed by atoms with van der Waals surface area (Å²) in [4.78, 5) is 40.7. The number of benzene rings is 3. The first-order valence-corrected chi connectivity index (χ1v) is 10.9. The van der Waals surface area contributed by atoms with Gasteiger partial charge in [-0.25, -0.2) is 9.78 Å². The average molecular weight is 461 g/mol. The van der Waals surface area contributed by atoms with Gasteiger partial charge in [-0.2, -0.15) is 0 Å². The van der Waals surface area contributed by atoms with Gasteiger partial charge in [0.05, 0.1) is 10.2 Å². The standard InChI is InChI=1S/C25H20N2O5S/c1-16-7-12-20-21(13-16)33-25(26-20)27-22(28)14-32-23(29)15-31-19-10-8-18(9-11-19)24(30)17-5-3-2-4-6-17/h2-13H,14-15H2,1H3,(H,26,27,28). The molecule has 0 saturated heterocycles. The van der Waals surface area contributed by atoms with E-state index in [1.54, 1.807) is 48.5 Å². The van der Waals surface area contributed by atoms with Crippen molar-refractivity contribution in [3.05, 3.63) is 89.5 Å². The first-order chi connectivity index (χ1) is 16.0.